The summed E-state index contributed by atoms with van der Waals surface area (Å²) in [5.41, 5.74) is 5.45. The van der Waals surface area contributed by atoms with Gasteiger partial charge in [0.2, 0.25) is 0 Å². The lowest BCUT2D eigenvalue weighted by Gasteiger charge is -2.09. The van der Waals surface area contributed by atoms with Crippen molar-refractivity contribution in [2.45, 2.75) is 23.5 Å². The van der Waals surface area contributed by atoms with Crippen LogP contribution >= 0.6 is 11.8 Å². The molecule has 1 aromatic carbocycles. The lowest BCUT2D eigenvalue weighted by molar-refractivity contribution is 0.667. The average molecular weight is 257 g/mol. The molecule has 0 spiro atoms. The van der Waals surface area contributed by atoms with Gasteiger partial charge in [-0.05, 0) is 25.1 Å². The Labute approximate surface area is 104 Å². The fourth-order valence-electron chi connectivity index (χ4n) is 1.33. The van der Waals surface area contributed by atoms with Gasteiger partial charge in [0.05, 0.1) is 0 Å². The Balaban J connectivity index is 2.23. The van der Waals surface area contributed by atoms with Crippen LogP contribution < -0.4 is 5.73 Å². The Bertz CT molecular complexity index is 316. The van der Waals surface area contributed by atoms with Crippen LogP contribution in [0.25, 0.3) is 0 Å². The van der Waals surface area contributed by atoms with Crippen LogP contribution in [0.15, 0.2) is 35.2 Å². The molecule has 1 rings (SSSR count). The highest BCUT2D eigenvalue weighted by Gasteiger charge is 2.09. The third kappa shape index (κ3) is 5.14. The largest absolute Gasteiger partial charge is 0.330 e. The summed E-state index contributed by atoms with van der Waals surface area (Å²) in [7, 11) is -0.739. The van der Waals surface area contributed by atoms with Crippen molar-refractivity contribution in [1.82, 2.24) is 0 Å². The molecule has 2 N–H and O–H groups in total. The number of thioether (sulfide) groups is 1. The molecule has 16 heavy (non-hydrogen) atoms. The smallest absolute Gasteiger partial charge is 0.0332 e. The maximum absolute atomic E-state index is 11.8. The predicted molar refractivity (Wildman–Crippen MR) is 73.3 cm³/mol. The van der Waals surface area contributed by atoms with Gasteiger partial charge in [0.25, 0.3) is 0 Å². The van der Waals surface area contributed by atoms with E-state index >= 15 is 0 Å². The van der Waals surface area contributed by atoms with Crippen LogP contribution in [0.1, 0.15) is 13.3 Å². The molecule has 0 fully saturated rings. The second-order valence-corrected chi connectivity index (χ2v) is 6.78. The van der Waals surface area contributed by atoms with E-state index < -0.39 is 10.8 Å². The topological polar surface area (TPSA) is 43.1 Å². The number of benzene rings is 1. The van der Waals surface area contributed by atoms with Crippen molar-refractivity contribution >= 4 is 22.6 Å². The Morgan fingerprint density at radius 2 is 2.06 bits per heavy atom. The Kier molecular flexibility index (Phi) is 6.76. The van der Waals surface area contributed by atoms with Gasteiger partial charge < -0.3 is 5.73 Å². The van der Waals surface area contributed by atoms with Gasteiger partial charge in [0.1, 0.15) is 0 Å². The molecule has 0 aliphatic heterocycles. The Hall–Kier alpha value is -0.320. The SMILES string of the molecule is CC(CCN)S(=O)CCSc1ccccc1. The average Bonchev–Trinajstić information content (AvgIpc) is 2.30. The molecule has 0 radical (unpaired) electrons. The highest BCUT2D eigenvalue weighted by atomic mass is 32.2. The van der Waals surface area contributed by atoms with Crippen LogP contribution in [0, 0.1) is 0 Å². The number of rotatable bonds is 7. The molecule has 0 bridgehead atoms. The summed E-state index contributed by atoms with van der Waals surface area (Å²) in [5, 5.41) is 0.223. The summed E-state index contributed by atoms with van der Waals surface area (Å²) in [6.45, 7) is 2.63. The van der Waals surface area contributed by atoms with E-state index in [1.165, 1.54) is 4.90 Å². The first kappa shape index (κ1) is 13.7. The zero-order valence-corrected chi connectivity index (χ0v) is 11.2. The van der Waals surface area contributed by atoms with E-state index in [0.717, 1.165) is 17.9 Å². The molecule has 2 atom stereocenters. The number of hydrogen-bond donors (Lipinski definition) is 1. The standard InChI is InChI=1S/C12H19NOS2/c1-11(7-8-13)16(14)10-9-15-12-5-3-2-4-6-12/h2-6,11H,7-10,13H2,1H3. The van der Waals surface area contributed by atoms with Crippen LogP contribution in [0.5, 0.6) is 0 Å². The second-order valence-electron chi connectivity index (χ2n) is 3.63. The van der Waals surface area contributed by atoms with Gasteiger partial charge in [-0.3, -0.25) is 4.21 Å². The quantitative estimate of drug-likeness (QED) is 0.762. The van der Waals surface area contributed by atoms with Gasteiger partial charge in [-0.1, -0.05) is 25.1 Å². The molecule has 0 saturated heterocycles. The predicted octanol–water partition coefficient (Wildman–Crippen LogP) is 2.26. The molecule has 0 aromatic heterocycles. The normalized spacial score (nSPS) is 14.6. The van der Waals surface area contributed by atoms with Crippen molar-refractivity contribution in [2.24, 2.45) is 5.73 Å². The van der Waals surface area contributed by atoms with Crippen LogP contribution in [-0.2, 0) is 10.8 Å². The monoisotopic (exact) mass is 257 g/mol. The van der Waals surface area contributed by atoms with Crippen LogP contribution in [-0.4, -0.2) is 27.5 Å². The molecule has 0 saturated carbocycles. The summed E-state index contributed by atoms with van der Waals surface area (Å²) in [6, 6.07) is 10.2. The van der Waals surface area contributed by atoms with E-state index in [1.807, 2.05) is 25.1 Å². The molecular formula is C12H19NOS2. The zero-order chi connectivity index (χ0) is 11.8. The minimum Gasteiger partial charge on any atom is -0.330 e. The summed E-state index contributed by atoms with van der Waals surface area (Å²) in [5.74, 6) is 1.66. The molecule has 0 amide bonds. The summed E-state index contributed by atoms with van der Waals surface area (Å²) < 4.78 is 11.8. The molecule has 1 aromatic rings. The molecule has 0 aliphatic carbocycles. The molecular weight excluding hydrogens is 238 g/mol. The van der Waals surface area contributed by atoms with Gasteiger partial charge >= 0.3 is 0 Å². The first-order valence-corrected chi connectivity index (χ1v) is 7.86. The molecule has 90 valence electrons. The fraction of sp³-hybridized carbons (Fsp3) is 0.500. The molecule has 2 nitrogen and oxygen atoms in total. The van der Waals surface area contributed by atoms with Crippen LogP contribution in [0.4, 0.5) is 0 Å². The highest BCUT2D eigenvalue weighted by molar-refractivity contribution is 8.00. The van der Waals surface area contributed by atoms with Gasteiger partial charge in [-0.2, -0.15) is 0 Å². The van der Waals surface area contributed by atoms with Crippen molar-refractivity contribution in [3.05, 3.63) is 30.3 Å². The first-order valence-electron chi connectivity index (χ1n) is 5.49. The third-order valence-corrected chi connectivity index (χ3v) is 5.33. The highest BCUT2D eigenvalue weighted by Crippen LogP contribution is 2.17. The van der Waals surface area contributed by atoms with Gasteiger partial charge in [0.15, 0.2) is 0 Å². The van der Waals surface area contributed by atoms with Crippen molar-refractivity contribution in [3.8, 4) is 0 Å². The van der Waals surface area contributed by atoms with Gasteiger partial charge in [-0.15, -0.1) is 11.8 Å². The maximum atomic E-state index is 11.8. The summed E-state index contributed by atoms with van der Waals surface area (Å²) in [6.07, 6.45) is 0.850. The van der Waals surface area contributed by atoms with Crippen molar-refractivity contribution < 1.29 is 4.21 Å². The van der Waals surface area contributed by atoms with E-state index in [1.54, 1.807) is 11.8 Å². The van der Waals surface area contributed by atoms with Gasteiger partial charge in [-0.25, -0.2) is 0 Å². The number of hydrogen-bond acceptors (Lipinski definition) is 3. The summed E-state index contributed by atoms with van der Waals surface area (Å²) in [4.78, 5) is 1.24. The minimum atomic E-state index is -0.739. The van der Waals surface area contributed by atoms with E-state index in [-0.39, 0.29) is 5.25 Å². The second kappa shape index (κ2) is 7.87. The fourth-order valence-corrected chi connectivity index (χ4v) is 3.70. The van der Waals surface area contributed by atoms with Gasteiger partial charge in [0, 0.05) is 32.5 Å². The summed E-state index contributed by atoms with van der Waals surface area (Å²) >= 11 is 1.76. The maximum Gasteiger partial charge on any atom is 0.0332 e. The van der Waals surface area contributed by atoms with E-state index in [4.69, 9.17) is 5.73 Å². The lowest BCUT2D eigenvalue weighted by atomic mass is 10.3. The molecule has 0 heterocycles. The van der Waals surface area contributed by atoms with E-state index in [0.29, 0.717) is 6.54 Å². The Morgan fingerprint density at radius 1 is 1.38 bits per heavy atom. The molecule has 2 unspecified atom stereocenters. The minimum absolute atomic E-state index is 0.223. The van der Waals surface area contributed by atoms with E-state index in [2.05, 4.69) is 12.1 Å². The lowest BCUT2D eigenvalue weighted by Crippen LogP contribution is -2.19. The van der Waals surface area contributed by atoms with Crippen molar-refractivity contribution in [3.63, 3.8) is 0 Å². The van der Waals surface area contributed by atoms with E-state index in [9.17, 15) is 4.21 Å². The molecule has 4 heteroatoms. The zero-order valence-electron chi connectivity index (χ0n) is 9.59. The first-order chi connectivity index (χ1) is 7.74. The van der Waals surface area contributed by atoms with Crippen molar-refractivity contribution in [2.75, 3.05) is 18.1 Å². The molecule has 0 aliphatic rings. The van der Waals surface area contributed by atoms with Crippen LogP contribution in [0.2, 0.25) is 0 Å². The van der Waals surface area contributed by atoms with Crippen molar-refractivity contribution in [1.29, 1.82) is 0 Å². The van der Waals surface area contributed by atoms with Crippen LogP contribution in [0.3, 0.4) is 0 Å². The third-order valence-electron chi connectivity index (χ3n) is 2.32. The number of nitrogens with two attached hydrogens (primary N) is 1. The Morgan fingerprint density at radius 3 is 2.69 bits per heavy atom.